The van der Waals surface area contributed by atoms with Crippen LogP contribution in [0, 0.1) is 0 Å². The number of nitrogens with zero attached hydrogens (tertiary/aromatic N) is 1. The summed E-state index contributed by atoms with van der Waals surface area (Å²) in [6, 6.07) is 13.8. The summed E-state index contributed by atoms with van der Waals surface area (Å²) in [6.07, 6.45) is 1.93. The number of carbonyl (C=O) groups excluding carboxylic acids is 1. The summed E-state index contributed by atoms with van der Waals surface area (Å²) < 4.78 is 3.06. The zero-order valence-electron chi connectivity index (χ0n) is 11.5. The van der Waals surface area contributed by atoms with E-state index in [1.54, 1.807) is 0 Å². The van der Waals surface area contributed by atoms with E-state index in [-0.39, 0.29) is 5.78 Å². The van der Waals surface area contributed by atoms with Crippen molar-refractivity contribution in [2.45, 2.75) is 6.54 Å². The van der Waals surface area contributed by atoms with Crippen LogP contribution in [-0.4, -0.2) is 15.7 Å². The van der Waals surface area contributed by atoms with Crippen molar-refractivity contribution in [3.8, 4) is 0 Å². The lowest BCUT2D eigenvalue weighted by molar-refractivity contribution is 0.102. The molecule has 0 unspecified atom stereocenters. The van der Waals surface area contributed by atoms with Crippen molar-refractivity contribution in [2.24, 2.45) is 0 Å². The first-order valence-electron chi connectivity index (χ1n) is 6.70. The third-order valence-electron chi connectivity index (χ3n) is 3.53. The van der Waals surface area contributed by atoms with E-state index in [4.69, 9.17) is 11.6 Å². The molecule has 0 atom stereocenters. The largest absolute Gasteiger partial charge is 0.342 e. The van der Waals surface area contributed by atoms with Crippen molar-refractivity contribution >= 4 is 60.1 Å². The lowest BCUT2D eigenvalue weighted by Crippen LogP contribution is -2.00. The maximum Gasteiger partial charge on any atom is 0.175 e. The average molecular weight is 442 g/mol. The van der Waals surface area contributed by atoms with Crippen LogP contribution in [0.25, 0.3) is 10.9 Å². The molecule has 0 saturated heterocycles. The maximum absolute atomic E-state index is 12.2. The first-order valence-corrected chi connectivity index (χ1v) is 8.99. The summed E-state index contributed by atoms with van der Waals surface area (Å²) in [6.45, 7) is 0.699. The number of rotatable bonds is 4. The fourth-order valence-electron chi connectivity index (χ4n) is 2.48. The molecule has 22 heavy (non-hydrogen) atoms. The first kappa shape index (κ1) is 15.8. The highest BCUT2D eigenvalue weighted by Gasteiger charge is 2.14. The molecule has 0 aliphatic rings. The number of fused-ring (bicyclic) bond motifs is 1. The van der Waals surface area contributed by atoms with Gasteiger partial charge < -0.3 is 4.57 Å². The van der Waals surface area contributed by atoms with Gasteiger partial charge >= 0.3 is 0 Å². The summed E-state index contributed by atoms with van der Waals surface area (Å²) >= 11 is 12.7. The van der Waals surface area contributed by atoms with E-state index in [9.17, 15) is 4.79 Å². The van der Waals surface area contributed by atoms with Crippen molar-refractivity contribution < 1.29 is 4.79 Å². The van der Waals surface area contributed by atoms with Crippen LogP contribution in [0.4, 0.5) is 0 Å². The predicted octanol–water partition coefficient (Wildman–Crippen LogP) is 5.68. The molecule has 1 heterocycles. The molecule has 1 aromatic heterocycles. The van der Waals surface area contributed by atoms with Crippen LogP contribution in [0.5, 0.6) is 0 Å². The Kier molecular flexibility index (Phi) is 4.71. The number of halogens is 3. The van der Waals surface area contributed by atoms with Gasteiger partial charge in [-0.05, 0) is 35.9 Å². The van der Waals surface area contributed by atoms with Gasteiger partial charge in [0.15, 0.2) is 5.78 Å². The molecule has 0 aliphatic heterocycles. The van der Waals surface area contributed by atoms with Crippen molar-refractivity contribution in [2.75, 3.05) is 5.33 Å². The molecule has 2 nitrogen and oxygen atoms in total. The second-order valence-electron chi connectivity index (χ2n) is 5.02. The Hall–Kier alpha value is -1.10. The smallest absolute Gasteiger partial charge is 0.175 e. The zero-order valence-corrected chi connectivity index (χ0v) is 15.5. The first-order chi connectivity index (χ1) is 10.6. The minimum absolute atomic E-state index is 0.0814. The van der Waals surface area contributed by atoms with Crippen LogP contribution in [0.1, 0.15) is 15.9 Å². The van der Waals surface area contributed by atoms with Gasteiger partial charge in [-0.2, -0.15) is 0 Å². The number of alkyl halides is 1. The highest BCUT2D eigenvalue weighted by molar-refractivity contribution is 9.10. The molecule has 0 radical (unpaired) electrons. The summed E-state index contributed by atoms with van der Waals surface area (Å²) in [4.78, 5) is 12.2. The van der Waals surface area contributed by atoms with Gasteiger partial charge in [-0.15, -0.1) is 0 Å². The maximum atomic E-state index is 12.2. The van der Waals surface area contributed by atoms with E-state index in [0.29, 0.717) is 11.9 Å². The highest BCUT2D eigenvalue weighted by Crippen LogP contribution is 2.27. The van der Waals surface area contributed by atoms with Crippen LogP contribution >= 0.6 is 43.5 Å². The third-order valence-corrected chi connectivity index (χ3v) is 4.79. The van der Waals surface area contributed by atoms with Gasteiger partial charge in [0, 0.05) is 38.7 Å². The standard InChI is InChI=1S/C17H12Br2ClNO/c18-8-17(22)15-10-21(9-11-1-4-13(20)5-2-11)16-6-3-12(19)7-14(15)16/h1-7,10H,8-9H2. The summed E-state index contributed by atoms with van der Waals surface area (Å²) in [5, 5.41) is 2.01. The number of ketones is 1. The average Bonchev–Trinajstić information content (AvgIpc) is 2.86. The molecule has 112 valence electrons. The topological polar surface area (TPSA) is 22.0 Å². The second kappa shape index (κ2) is 6.57. The van der Waals surface area contributed by atoms with Crippen molar-refractivity contribution in [1.82, 2.24) is 4.57 Å². The Morgan fingerprint density at radius 1 is 1.14 bits per heavy atom. The van der Waals surface area contributed by atoms with E-state index in [0.717, 1.165) is 31.5 Å². The Morgan fingerprint density at radius 2 is 1.86 bits per heavy atom. The van der Waals surface area contributed by atoms with Crippen molar-refractivity contribution in [3.63, 3.8) is 0 Å². The van der Waals surface area contributed by atoms with Gasteiger partial charge in [0.2, 0.25) is 0 Å². The zero-order chi connectivity index (χ0) is 15.7. The van der Waals surface area contributed by atoms with Gasteiger partial charge in [0.1, 0.15) is 0 Å². The minimum Gasteiger partial charge on any atom is -0.342 e. The molecule has 2 aromatic carbocycles. The molecule has 0 saturated carbocycles. The fourth-order valence-corrected chi connectivity index (χ4v) is 3.27. The van der Waals surface area contributed by atoms with E-state index in [1.165, 1.54) is 0 Å². The molecule has 3 aromatic rings. The molecule has 0 amide bonds. The van der Waals surface area contributed by atoms with Crippen LogP contribution < -0.4 is 0 Å². The molecule has 0 fully saturated rings. The Morgan fingerprint density at radius 3 is 2.55 bits per heavy atom. The highest BCUT2D eigenvalue weighted by atomic mass is 79.9. The van der Waals surface area contributed by atoms with E-state index < -0.39 is 0 Å². The second-order valence-corrected chi connectivity index (χ2v) is 6.93. The number of hydrogen-bond acceptors (Lipinski definition) is 1. The summed E-state index contributed by atoms with van der Waals surface area (Å²) in [7, 11) is 0. The number of benzene rings is 2. The number of carbonyl (C=O) groups is 1. The molecule has 3 rings (SSSR count). The van der Waals surface area contributed by atoms with Crippen LogP contribution in [-0.2, 0) is 6.54 Å². The summed E-state index contributed by atoms with van der Waals surface area (Å²) in [5.41, 5.74) is 2.92. The van der Waals surface area contributed by atoms with Gasteiger partial charge in [-0.1, -0.05) is 55.6 Å². The minimum atomic E-state index is 0.0814. The molecular weight excluding hydrogens is 429 g/mol. The van der Waals surface area contributed by atoms with Crippen LogP contribution in [0.3, 0.4) is 0 Å². The molecule has 5 heteroatoms. The molecular formula is C17H12Br2ClNO. The molecule has 0 N–H and O–H groups in total. The Bertz CT molecular complexity index is 840. The van der Waals surface area contributed by atoms with E-state index in [2.05, 4.69) is 36.4 Å². The predicted molar refractivity (Wildman–Crippen MR) is 98.3 cm³/mol. The number of hydrogen-bond donors (Lipinski definition) is 0. The van der Waals surface area contributed by atoms with Gasteiger partial charge in [0.25, 0.3) is 0 Å². The quantitative estimate of drug-likeness (QED) is 0.377. The molecule has 0 aliphatic carbocycles. The van der Waals surface area contributed by atoms with Crippen molar-refractivity contribution in [3.05, 3.63) is 69.3 Å². The van der Waals surface area contributed by atoms with Gasteiger partial charge in [0.05, 0.1) is 5.33 Å². The third kappa shape index (κ3) is 3.14. The number of Topliss-reactive ketones (excluding diaryl/α,β-unsaturated/α-hetero) is 1. The lowest BCUT2D eigenvalue weighted by Gasteiger charge is -2.06. The monoisotopic (exact) mass is 439 g/mol. The van der Waals surface area contributed by atoms with Crippen LogP contribution in [0.15, 0.2) is 53.1 Å². The Balaban J connectivity index is 2.09. The Labute approximate surface area is 150 Å². The van der Waals surface area contributed by atoms with Crippen molar-refractivity contribution in [1.29, 1.82) is 0 Å². The van der Waals surface area contributed by atoms with Gasteiger partial charge in [-0.3, -0.25) is 4.79 Å². The van der Waals surface area contributed by atoms with E-state index in [1.807, 2.05) is 48.7 Å². The van der Waals surface area contributed by atoms with E-state index >= 15 is 0 Å². The fraction of sp³-hybridized carbons (Fsp3) is 0.118. The SMILES string of the molecule is O=C(CBr)c1cn(Cc2ccc(Cl)cc2)c2ccc(Br)cc12. The molecule has 0 bridgehead atoms. The lowest BCUT2D eigenvalue weighted by atomic mass is 10.1. The summed E-state index contributed by atoms with van der Waals surface area (Å²) in [5.74, 6) is 0.0814. The van der Waals surface area contributed by atoms with Gasteiger partial charge in [-0.25, -0.2) is 0 Å². The van der Waals surface area contributed by atoms with Crippen LogP contribution in [0.2, 0.25) is 5.02 Å². The number of aromatic nitrogens is 1. The molecule has 0 spiro atoms. The normalized spacial score (nSPS) is 11.0.